The number of nitrogens with zero attached hydrogens (tertiary/aromatic N) is 2. The topological polar surface area (TPSA) is 77.3 Å². The molecule has 0 unspecified atom stereocenters. The second kappa shape index (κ2) is 6.02. The number of ether oxygens (including phenoxy) is 1. The lowest BCUT2D eigenvalue weighted by molar-refractivity contribution is -0.384. The average Bonchev–Trinajstić information content (AvgIpc) is 2.26. The van der Waals surface area contributed by atoms with Crippen LogP contribution in [0.15, 0.2) is 12.3 Å². The first-order valence-corrected chi connectivity index (χ1v) is 4.99. The van der Waals surface area contributed by atoms with Gasteiger partial charge in [0.1, 0.15) is 0 Å². The Morgan fingerprint density at radius 3 is 3.00 bits per heavy atom. The summed E-state index contributed by atoms with van der Waals surface area (Å²) in [6.45, 7) is 2.99. The number of pyridine rings is 1. The van der Waals surface area contributed by atoms with E-state index in [4.69, 9.17) is 4.74 Å². The molecule has 0 spiro atoms. The van der Waals surface area contributed by atoms with Gasteiger partial charge in [0, 0.05) is 32.5 Å². The van der Waals surface area contributed by atoms with Gasteiger partial charge in [0.15, 0.2) is 0 Å². The van der Waals surface area contributed by atoms with Crippen molar-refractivity contribution in [2.45, 2.75) is 13.3 Å². The van der Waals surface area contributed by atoms with Crippen LogP contribution in [0.5, 0.6) is 0 Å². The summed E-state index contributed by atoms with van der Waals surface area (Å²) in [4.78, 5) is 14.3. The number of methoxy groups -OCH3 is 1. The maximum absolute atomic E-state index is 10.8. The largest absolute Gasteiger partial charge is 0.385 e. The zero-order valence-corrected chi connectivity index (χ0v) is 9.40. The van der Waals surface area contributed by atoms with Crippen molar-refractivity contribution in [2.75, 3.05) is 25.6 Å². The highest BCUT2D eigenvalue weighted by atomic mass is 16.6. The molecule has 6 heteroatoms. The molecule has 6 nitrogen and oxygen atoms in total. The summed E-state index contributed by atoms with van der Waals surface area (Å²) in [5.41, 5.74) is 0.784. The first-order chi connectivity index (χ1) is 7.65. The fourth-order valence-electron chi connectivity index (χ4n) is 1.25. The van der Waals surface area contributed by atoms with Crippen molar-refractivity contribution in [1.29, 1.82) is 0 Å². The van der Waals surface area contributed by atoms with Crippen molar-refractivity contribution in [1.82, 2.24) is 4.98 Å². The molecule has 88 valence electrons. The van der Waals surface area contributed by atoms with Crippen molar-refractivity contribution >= 4 is 11.5 Å². The number of nitro groups is 1. The Morgan fingerprint density at radius 1 is 1.62 bits per heavy atom. The van der Waals surface area contributed by atoms with E-state index in [9.17, 15) is 10.1 Å². The second-order valence-electron chi connectivity index (χ2n) is 3.41. The molecule has 1 N–H and O–H groups in total. The highest BCUT2D eigenvalue weighted by Gasteiger charge is 2.14. The first-order valence-electron chi connectivity index (χ1n) is 4.99. The molecule has 0 fully saturated rings. The molecule has 0 bridgehead atoms. The van der Waals surface area contributed by atoms with Crippen LogP contribution in [0.1, 0.15) is 12.0 Å². The fourth-order valence-corrected chi connectivity index (χ4v) is 1.25. The first kappa shape index (κ1) is 12.4. The molecular weight excluding hydrogens is 210 g/mol. The Hall–Kier alpha value is -1.69. The number of nitrogens with one attached hydrogen (secondary N) is 1. The standard InChI is InChI=1S/C10H15N3O3/c1-8-6-9(13(14)15)10(12-7-8)11-4-3-5-16-2/h6-7H,3-5H2,1-2H3,(H,11,12). The van der Waals surface area contributed by atoms with Gasteiger partial charge < -0.3 is 10.1 Å². The quantitative estimate of drug-likeness (QED) is 0.453. The molecule has 0 aliphatic carbocycles. The number of hydrogen-bond acceptors (Lipinski definition) is 5. The summed E-state index contributed by atoms with van der Waals surface area (Å²) in [6, 6.07) is 1.51. The Morgan fingerprint density at radius 2 is 2.38 bits per heavy atom. The van der Waals surface area contributed by atoms with E-state index in [-0.39, 0.29) is 5.69 Å². The average molecular weight is 225 g/mol. The Balaban J connectivity index is 2.67. The molecule has 0 atom stereocenters. The minimum atomic E-state index is -0.432. The number of aromatic nitrogens is 1. The maximum atomic E-state index is 10.8. The molecular formula is C10H15N3O3. The van der Waals surface area contributed by atoms with Gasteiger partial charge in [0.05, 0.1) is 4.92 Å². The van der Waals surface area contributed by atoms with Gasteiger partial charge in [-0.15, -0.1) is 0 Å². The summed E-state index contributed by atoms with van der Waals surface area (Å²) in [7, 11) is 1.62. The zero-order chi connectivity index (χ0) is 12.0. The van der Waals surface area contributed by atoms with Gasteiger partial charge in [-0.1, -0.05) is 0 Å². The molecule has 0 saturated carbocycles. The number of rotatable bonds is 6. The van der Waals surface area contributed by atoms with Crippen molar-refractivity contribution < 1.29 is 9.66 Å². The van der Waals surface area contributed by atoms with E-state index < -0.39 is 4.92 Å². The van der Waals surface area contributed by atoms with E-state index >= 15 is 0 Å². The van der Waals surface area contributed by atoms with E-state index in [2.05, 4.69) is 10.3 Å². The van der Waals surface area contributed by atoms with Gasteiger partial charge in [-0.25, -0.2) is 4.98 Å². The van der Waals surface area contributed by atoms with Crippen LogP contribution in [0.2, 0.25) is 0 Å². The lowest BCUT2D eigenvalue weighted by Gasteiger charge is -2.05. The SMILES string of the molecule is COCCCNc1ncc(C)cc1[N+](=O)[O-]. The van der Waals surface area contributed by atoms with E-state index in [1.165, 1.54) is 6.07 Å². The second-order valence-corrected chi connectivity index (χ2v) is 3.41. The van der Waals surface area contributed by atoms with Crippen LogP contribution >= 0.6 is 0 Å². The smallest absolute Gasteiger partial charge is 0.311 e. The fraction of sp³-hybridized carbons (Fsp3) is 0.500. The highest BCUT2D eigenvalue weighted by Crippen LogP contribution is 2.22. The van der Waals surface area contributed by atoms with Crippen LogP contribution in [0, 0.1) is 17.0 Å². The molecule has 0 radical (unpaired) electrons. The molecule has 0 aliphatic rings. The van der Waals surface area contributed by atoms with E-state index in [1.54, 1.807) is 20.2 Å². The number of aryl methyl sites for hydroxylation is 1. The molecule has 1 aromatic heterocycles. The maximum Gasteiger partial charge on any atom is 0.311 e. The van der Waals surface area contributed by atoms with Gasteiger partial charge >= 0.3 is 5.69 Å². The molecule has 0 amide bonds. The summed E-state index contributed by atoms with van der Waals surface area (Å²) in [6.07, 6.45) is 2.38. The summed E-state index contributed by atoms with van der Waals surface area (Å²) < 4.78 is 4.88. The molecule has 0 aromatic carbocycles. The predicted octanol–water partition coefficient (Wildman–Crippen LogP) is 1.75. The molecule has 0 aliphatic heterocycles. The number of anilines is 1. The van der Waals surface area contributed by atoms with Crippen LogP contribution in [-0.2, 0) is 4.74 Å². The number of hydrogen-bond donors (Lipinski definition) is 1. The van der Waals surface area contributed by atoms with Crippen LogP contribution in [0.25, 0.3) is 0 Å². The molecule has 1 rings (SSSR count). The normalized spacial score (nSPS) is 10.1. The molecule has 16 heavy (non-hydrogen) atoms. The Bertz CT molecular complexity index is 368. The third-order valence-electron chi connectivity index (χ3n) is 2.02. The van der Waals surface area contributed by atoms with Crippen molar-refractivity contribution in [3.63, 3.8) is 0 Å². The van der Waals surface area contributed by atoms with Gasteiger partial charge in [-0.2, -0.15) is 0 Å². The van der Waals surface area contributed by atoms with Crippen molar-refractivity contribution in [3.8, 4) is 0 Å². The third kappa shape index (κ3) is 3.47. The monoisotopic (exact) mass is 225 g/mol. The van der Waals surface area contributed by atoms with Crippen molar-refractivity contribution in [2.24, 2.45) is 0 Å². The van der Waals surface area contributed by atoms with Crippen LogP contribution in [-0.4, -0.2) is 30.2 Å². The minimum absolute atomic E-state index is 0.0115. The van der Waals surface area contributed by atoms with Crippen LogP contribution in [0.4, 0.5) is 11.5 Å². The lowest BCUT2D eigenvalue weighted by atomic mass is 10.3. The van der Waals surface area contributed by atoms with Crippen LogP contribution in [0.3, 0.4) is 0 Å². The Kier molecular flexibility index (Phi) is 4.65. The summed E-state index contributed by atoms with van der Waals surface area (Å²) in [5, 5.41) is 13.7. The highest BCUT2D eigenvalue weighted by molar-refractivity contribution is 5.56. The van der Waals surface area contributed by atoms with E-state index in [0.717, 1.165) is 12.0 Å². The van der Waals surface area contributed by atoms with Gasteiger partial charge in [0.25, 0.3) is 0 Å². The Labute approximate surface area is 93.8 Å². The summed E-state index contributed by atoms with van der Waals surface area (Å²) >= 11 is 0. The summed E-state index contributed by atoms with van der Waals surface area (Å²) in [5.74, 6) is 0.312. The molecule has 1 aromatic rings. The van der Waals surface area contributed by atoms with Crippen LogP contribution < -0.4 is 5.32 Å². The van der Waals surface area contributed by atoms with E-state index in [0.29, 0.717) is 19.0 Å². The third-order valence-corrected chi connectivity index (χ3v) is 2.02. The molecule has 1 heterocycles. The minimum Gasteiger partial charge on any atom is -0.385 e. The van der Waals surface area contributed by atoms with Gasteiger partial charge in [-0.3, -0.25) is 10.1 Å². The lowest BCUT2D eigenvalue weighted by Crippen LogP contribution is -2.08. The zero-order valence-electron chi connectivity index (χ0n) is 9.40. The van der Waals surface area contributed by atoms with Crippen molar-refractivity contribution in [3.05, 3.63) is 27.9 Å². The molecule has 0 saturated heterocycles. The van der Waals surface area contributed by atoms with Gasteiger partial charge in [0.2, 0.25) is 5.82 Å². The van der Waals surface area contributed by atoms with Gasteiger partial charge in [-0.05, 0) is 18.9 Å². The predicted molar refractivity (Wildman–Crippen MR) is 60.6 cm³/mol. The van der Waals surface area contributed by atoms with E-state index in [1.807, 2.05) is 0 Å².